The standard InChI is InChI=1S/C8H9NO.C7H7NO/c1-6(9)7-4-2-3-5-8(7)10;8-7(9)6-4-2-1-3-5-6/h2-5,9-10H,1H3;1-5H,(H2,8,9). The van der Waals surface area contributed by atoms with Crippen molar-refractivity contribution in [2.24, 2.45) is 5.73 Å². The molecule has 1 amide bonds. The molecule has 4 heteroatoms. The molecule has 19 heavy (non-hydrogen) atoms. The van der Waals surface area contributed by atoms with Gasteiger partial charge in [0.1, 0.15) is 5.75 Å². The van der Waals surface area contributed by atoms with Crippen molar-refractivity contribution in [2.75, 3.05) is 0 Å². The van der Waals surface area contributed by atoms with Crippen molar-refractivity contribution in [2.45, 2.75) is 6.92 Å². The number of phenolic OH excluding ortho intramolecular Hbond substituents is 1. The number of carbonyl (C=O) groups excluding carboxylic acids is 1. The van der Waals surface area contributed by atoms with E-state index < -0.39 is 0 Å². The molecule has 0 atom stereocenters. The molecule has 0 aliphatic rings. The fourth-order valence-electron chi connectivity index (χ4n) is 1.39. The van der Waals surface area contributed by atoms with E-state index >= 15 is 0 Å². The highest BCUT2D eigenvalue weighted by Gasteiger charge is 1.98. The maximum Gasteiger partial charge on any atom is 0.248 e. The molecule has 4 N–H and O–H groups in total. The van der Waals surface area contributed by atoms with Gasteiger partial charge in [0.15, 0.2) is 0 Å². The Morgan fingerprint density at radius 3 is 1.95 bits per heavy atom. The fraction of sp³-hybridized carbons (Fsp3) is 0.0667. The summed E-state index contributed by atoms with van der Waals surface area (Å²) in [6.45, 7) is 1.65. The number of amides is 1. The van der Waals surface area contributed by atoms with E-state index in [-0.39, 0.29) is 11.7 Å². The zero-order valence-corrected chi connectivity index (χ0v) is 10.6. The van der Waals surface area contributed by atoms with Crippen LogP contribution in [0, 0.1) is 5.41 Å². The lowest BCUT2D eigenvalue weighted by Gasteiger charge is -1.98. The summed E-state index contributed by atoms with van der Waals surface area (Å²) in [4.78, 5) is 10.4. The second-order valence-corrected chi connectivity index (χ2v) is 3.87. The molecule has 0 heterocycles. The van der Waals surface area contributed by atoms with E-state index in [1.165, 1.54) is 0 Å². The minimum atomic E-state index is -0.379. The van der Waals surface area contributed by atoms with Gasteiger partial charge in [0, 0.05) is 16.8 Å². The zero-order chi connectivity index (χ0) is 14.3. The molecule has 0 fully saturated rings. The number of aromatic hydroxyl groups is 1. The highest BCUT2D eigenvalue weighted by atomic mass is 16.3. The van der Waals surface area contributed by atoms with E-state index in [0.29, 0.717) is 16.8 Å². The summed E-state index contributed by atoms with van der Waals surface area (Å²) in [6, 6.07) is 15.6. The molecule has 0 aliphatic heterocycles. The van der Waals surface area contributed by atoms with Crippen molar-refractivity contribution < 1.29 is 9.90 Å². The molecular formula is C15H16N2O2. The lowest BCUT2D eigenvalue weighted by atomic mass is 10.1. The van der Waals surface area contributed by atoms with E-state index in [1.807, 2.05) is 6.07 Å². The lowest BCUT2D eigenvalue weighted by Crippen LogP contribution is -2.09. The number of rotatable bonds is 2. The highest BCUT2D eigenvalue weighted by molar-refractivity contribution is 5.98. The molecule has 0 saturated heterocycles. The monoisotopic (exact) mass is 256 g/mol. The van der Waals surface area contributed by atoms with Gasteiger partial charge in [-0.3, -0.25) is 4.79 Å². The Kier molecular flexibility index (Phi) is 5.29. The second-order valence-electron chi connectivity index (χ2n) is 3.87. The maximum absolute atomic E-state index is 10.4. The van der Waals surface area contributed by atoms with Crippen molar-refractivity contribution in [3.05, 3.63) is 65.7 Å². The van der Waals surface area contributed by atoms with Crippen LogP contribution in [0.1, 0.15) is 22.8 Å². The third-order valence-corrected chi connectivity index (χ3v) is 2.37. The van der Waals surface area contributed by atoms with Crippen LogP contribution in [0.2, 0.25) is 0 Å². The summed E-state index contributed by atoms with van der Waals surface area (Å²) in [5, 5.41) is 16.4. The Morgan fingerprint density at radius 2 is 1.58 bits per heavy atom. The highest BCUT2D eigenvalue weighted by Crippen LogP contribution is 2.15. The average molecular weight is 256 g/mol. The van der Waals surface area contributed by atoms with Gasteiger partial charge in [0.05, 0.1) is 0 Å². The first-order valence-corrected chi connectivity index (χ1v) is 5.70. The van der Waals surface area contributed by atoms with E-state index in [9.17, 15) is 4.79 Å². The van der Waals surface area contributed by atoms with Gasteiger partial charge in [-0.05, 0) is 31.2 Å². The van der Waals surface area contributed by atoms with Crippen LogP contribution in [0.15, 0.2) is 54.6 Å². The first-order chi connectivity index (χ1) is 9.02. The molecule has 2 aromatic rings. The summed E-state index contributed by atoms with van der Waals surface area (Å²) in [5.41, 5.74) is 6.51. The number of para-hydroxylation sites is 1. The fourth-order valence-corrected chi connectivity index (χ4v) is 1.39. The number of carbonyl (C=O) groups is 1. The molecule has 2 rings (SSSR count). The second kappa shape index (κ2) is 6.96. The van der Waals surface area contributed by atoms with E-state index in [0.717, 1.165) is 0 Å². The Morgan fingerprint density at radius 1 is 1.05 bits per heavy atom. The molecule has 98 valence electrons. The van der Waals surface area contributed by atoms with Crippen molar-refractivity contribution >= 4 is 11.6 Å². The first kappa shape index (κ1) is 14.4. The summed E-state index contributed by atoms with van der Waals surface area (Å²) in [7, 11) is 0. The van der Waals surface area contributed by atoms with Crippen LogP contribution in [0.3, 0.4) is 0 Å². The predicted octanol–water partition coefficient (Wildman–Crippen LogP) is 2.57. The van der Waals surface area contributed by atoms with E-state index in [4.69, 9.17) is 16.2 Å². The Bertz CT molecular complexity index is 565. The normalized spacial score (nSPS) is 9.11. The number of hydrogen-bond acceptors (Lipinski definition) is 3. The minimum Gasteiger partial charge on any atom is -0.507 e. The summed E-state index contributed by atoms with van der Waals surface area (Å²) in [6.07, 6.45) is 0. The van der Waals surface area contributed by atoms with Crippen LogP contribution in [0.4, 0.5) is 0 Å². The topological polar surface area (TPSA) is 87.2 Å². The molecular weight excluding hydrogens is 240 g/mol. The number of primary amides is 1. The number of hydrogen-bond donors (Lipinski definition) is 3. The first-order valence-electron chi connectivity index (χ1n) is 5.70. The molecule has 0 bridgehead atoms. The third kappa shape index (κ3) is 4.63. The quantitative estimate of drug-likeness (QED) is 0.721. The molecule has 0 radical (unpaired) electrons. The Balaban J connectivity index is 0.000000191. The Labute approximate surface area is 112 Å². The lowest BCUT2D eigenvalue weighted by molar-refractivity contribution is 0.100. The van der Waals surface area contributed by atoms with Gasteiger partial charge in [-0.1, -0.05) is 30.3 Å². The van der Waals surface area contributed by atoms with Crippen molar-refractivity contribution in [1.82, 2.24) is 0 Å². The Hall–Kier alpha value is -2.62. The summed E-state index contributed by atoms with van der Waals surface area (Å²) in [5.74, 6) is -0.203. The van der Waals surface area contributed by atoms with Crippen molar-refractivity contribution in [1.29, 1.82) is 5.41 Å². The van der Waals surface area contributed by atoms with Crippen LogP contribution in [-0.4, -0.2) is 16.7 Å². The molecule has 0 spiro atoms. The number of benzene rings is 2. The van der Waals surface area contributed by atoms with Crippen LogP contribution >= 0.6 is 0 Å². The van der Waals surface area contributed by atoms with Gasteiger partial charge in [-0.25, -0.2) is 0 Å². The third-order valence-electron chi connectivity index (χ3n) is 2.37. The predicted molar refractivity (Wildman–Crippen MR) is 75.6 cm³/mol. The van der Waals surface area contributed by atoms with Crippen LogP contribution < -0.4 is 5.73 Å². The summed E-state index contributed by atoms with van der Waals surface area (Å²) >= 11 is 0. The number of phenols is 1. The SMILES string of the molecule is CC(=N)c1ccccc1O.NC(=O)c1ccccc1. The number of nitrogens with two attached hydrogens (primary N) is 1. The molecule has 2 aromatic carbocycles. The minimum absolute atomic E-state index is 0.176. The molecule has 0 aromatic heterocycles. The largest absolute Gasteiger partial charge is 0.507 e. The van der Waals surface area contributed by atoms with Gasteiger partial charge in [-0.2, -0.15) is 0 Å². The van der Waals surface area contributed by atoms with Crippen molar-refractivity contribution in [3.8, 4) is 5.75 Å². The van der Waals surface area contributed by atoms with E-state index in [2.05, 4.69) is 0 Å². The smallest absolute Gasteiger partial charge is 0.248 e. The average Bonchev–Trinajstić information content (AvgIpc) is 2.40. The maximum atomic E-state index is 10.4. The van der Waals surface area contributed by atoms with Gasteiger partial charge in [-0.15, -0.1) is 0 Å². The van der Waals surface area contributed by atoms with Gasteiger partial charge in [0.25, 0.3) is 0 Å². The molecule has 0 unspecified atom stereocenters. The van der Waals surface area contributed by atoms with E-state index in [1.54, 1.807) is 55.5 Å². The number of nitrogens with one attached hydrogen (secondary N) is 1. The molecule has 4 nitrogen and oxygen atoms in total. The van der Waals surface area contributed by atoms with Crippen LogP contribution in [0.25, 0.3) is 0 Å². The van der Waals surface area contributed by atoms with Gasteiger partial charge >= 0.3 is 0 Å². The molecule has 0 saturated carbocycles. The molecule has 0 aliphatic carbocycles. The van der Waals surface area contributed by atoms with Crippen LogP contribution in [-0.2, 0) is 0 Å². The van der Waals surface area contributed by atoms with Gasteiger partial charge in [0.2, 0.25) is 5.91 Å². The van der Waals surface area contributed by atoms with Crippen molar-refractivity contribution in [3.63, 3.8) is 0 Å². The zero-order valence-electron chi connectivity index (χ0n) is 10.6. The van der Waals surface area contributed by atoms with Gasteiger partial charge < -0.3 is 16.2 Å². The van der Waals surface area contributed by atoms with Crippen LogP contribution in [0.5, 0.6) is 5.75 Å². The summed E-state index contributed by atoms with van der Waals surface area (Å²) < 4.78 is 0.